The van der Waals surface area contributed by atoms with Crippen LogP contribution in [-0.2, 0) is 14.8 Å². The van der Waals surface area contributed by atoms with Gasteiger partial charge in [0.1, 0.15) is 5.75 Å². The number of carbonyl (C=O) groups excluding carboxylic acids is 1. The van der Waals surface area contributed by atoms with Crippen LogP contribution in [0.1, 0.15) is 64.7 Å². The Balaban J connectivity index is 0.00000312. The monoisotopic (exact) mass is 395 g/mol. The molecule has 0 saturated heterocycles. The fourth-order valence-electron chi connectivity index (χ4n) is 4.00. The third kappa shape index (κ3) is 7.81. The lowest BCUT2D eigenvalue weighted by Crippen LogP contribution is -2.49. The second-order valence-corrected chi connectivity index (χ2v) is 9.40. The molecule has 2 rings (SSSR count). The van der Waals surface area contributed by atoms with Crippen molar-refractivity contribution in [3.05, 3.63) is 0 Å². The van der Waals surface area contributed by atoms with E-state index in [1.54, 1.807) is 0 Å². The van der Waals surface area contributed by atoms with Crippen molar-refractivity contribution in [1.82, 2.24) is 10.0 Å². The predicted octanol–water partition coefficient (Wildman–Crippen LogP) is 1.93. The van der Waals surface area contributed by atoms with Gasteiger partial charge in [-0.3, -0.25) is 4.79 Å². The fourth-order valence-corrected chi connectivity index (χ4v) is 5.26. The first-order valence-electron chi connectivity index (χ1n) is 9.39. The number of carbonyl (C=O) groups is 1. The lowest BCUT2D eigenvalue weighted by molar-refractivity contribution is -0.119. The van der Waals surface area contributed by atoms with Crippen LogP contribution < -0.4 is 15.8 Å². The quantitative estimate of drug-likeness (QED) is 0.612. The molecule has 2 fully saturated rings. The van der Waals surface area contributed by atoms with Gasteiger partial charge in [0.25, 0.3) is 0 Å². The van der Waals surface area contributed by atoms with E-state index in [0.29, 0.717) is 18.4 Å². The van der Waals surface area contributed by atoms with Gasteiger partial charge in [-0.25, -0.2) is 13.1 Å². The van der Waals surface area contributed by atoms with Crippen LogP contribution in [0.3, 0.4) is 0 Å². The van der Waals surface area contributed by atoms with Gasteiger partial charge in [-0.15, -0.1) is 12.4 Å². The van der Waals surface area contributed by atoms with Gasteiger partial charge in [0.2, 0.25) is 15.9 Å². The molecule has 0 aromatic rings. The van der Waals surface area contributed by atoms with E-state index in [1.807, 2.05) is 0 Å². The van der Waals surface area contributed by atoms with Crippen molar-refractivity contribution in [2.75, 3.05) is 12.3 Å². The number of sulfonamides is 1. The average Bonchev–Trinajstić information content (AvgIpc) is 2.55. The average molecular weight is 396 g/mol. The first-order valence-corrected chi connectivity index (χ1v) is 11.0. The van der Waals surface area contributed by atoms with Crippen molar-refractivity contribution < 1.29 is 13.2 Å². The van der Waals surface area contributed by atoms with Crippen LogP contribution in [0.2, 0.25) is 0 Å². The Morgan fingerprint density at radius 3 is 2.24 bits per heavy atom. The maximum atomic E-state index is 12.2. The number of amides is 1. The molecule has 0 aromatic heterocycles. The van der Waals surface area contributed by atoms with E-state index in [9.17, 15) is 13.2 Å². The van der Waals surface area contributed by atoms with Gasteiger partial charge in [0.15, 0.2) is 0 Å². The number of nitrogens with two attached hydrogens (primary N) is 1. The molecule has 8 heteroatoms. The van der Waals surface area contributed by atoms with Gasteiger partial charge in [-0.1, -0.05) is 26.2 Å². The largest absolute Gasteiger partial charge is 0.351 e. The van der Waals surface area contributed by atoms with E-state index in [-0.39, 0.29) is 24.5 Å². The summed E-state index contributed by atoms with van der Waals surface area (Å²) in [6.07, 6.45) is 9.48. The minimum Gasteiger partial charge on any atom is -0.351 e. The zero-order chi connectivity index (χ0) is 17.6. The standard InChI is InChI=1S/C17H33N3O3S.ClH/c1-13-7-9-15(10-8-13)20-24(22,23)12-17(21)19-16(11-18)14-5-3-2-4-6-14;/h13-16,20H,2-12,18H2,1H3,(H,19,21);1H. The van der Waals surface area contributed by atoms with Gasteiger partial charge in [0, 0.05) is 18.6 Å². The van der Waals surface area contributed by atoms with Crippen molar-refractivity contribution in [2.24, 2.45) is 17.6 Å². The highest BCUT2D eigenvalue weighted by molar-refractivity contribution is 7.90. The molecular weight excluding hydrogens is 362 g/mol. The van der Waals surface area contributed by atoms with Gasteiger partial charge in [-0.2, -0.15) is 0 Å². The first-order chi connectivity index (χ1) is 11.4. The Hall–Kier alpha value is -0.370. The Kier molecular flexibility index (Phi) is 9.70. The SMILES string of the molecule is CC1CCC(NS(=O)(=O)CC(=O)NC(CN)C2CCCCC2)CC1.Cl. The minimum absolute atomic E-state index is 0. The summed E-state index contributed by atoms with van der Waals surface area (Å²) in [5.74, 6) is 0.105. The molecule has 0 aliphatic heterocycles. The van der Waals surface area contributed by atoms with Crippen molar-refractivity contribution in [3.63, 3.8) is 0 Å². The van der Waals surface area contributed by atoms with Crippen LogP contribution >= 0.6 is 12.4 Å². The molecule has 1 amide bonds. The molecule has 2 aliphatic rings. The summed E-state index contributed by atoms with van der Waals surface area (Å²) < 4.78 is 27.2. The van der Waals surface area contributed by atoms with E-state index in [1.165, 1.54) is 6.42 Å². The molecule has 6 nitrogen and oxygen atoms in total. The lowest BCUT2D eigenvalue weighted by Gasteiger charge is -2.30. The highest BCUT2D eigenvalue weighted by Gasteiger charge is 2.28. The molecule has 2 saturated carbocycles. The molecular formula is C17H34ClN3O3S. The number of rotatable bonds is 7. The Bertz CT molecular complexity index is 501. The topological polar surface area (TPSA) is 101 Å². The number of halogens is 1. The molecule has 0 bridgehead atoms. The summed E-state index contributed by atoms with van der Waals surface area (Å²) in [5, 5.41) is 2.85. The third-order valence-electron chi connectivity index (χ3n) is 5.50. The van der Waals surface area contributed by atoms with Crippen LogP contribution in [-0.4, -0.2) is 38.7 Å². The molecule has 0 spiro atoms. The van der Waals surface area contributed by atoms with Crippen molar-refractivity contribution in [3.8, 4) is 0 Å². The van der Waals surface area contributed by atoms with Crippen LogP contribution in [0, 0.1) is 11.8 Å². The Morgan fingerprint density at radius 2 is 1.68 bits per heavy atom. The van der Waals surface area contributed by atoms with Crippen molar-refractivity contribution in [2.45, 2.75) is 76.8 Å². The van der Waals surface area contributed by atoms with Gasteiger partial charge >= 0.3 is 0 Å². The van der Waals surface area contributed by atoms with Crippen molar-refractivity contribution in [1.29, 1.82) is 0 Å². The zero-order valence-electron chi connectivity index (χ0n) is 15.2. The maximum Gasteiger partial charge on any atom is 0.236 e. The van der Waals surface area contributed by atoms with E-state index < -0.39 is 21.7 Å². The molecule has 1 atom stereocenters. The molecule has 4 N–H and O–H groups in total. The molecule has 0 heterocycles. The van der Waals surface area contributed by atoms with Gasteiger partial charge in [0.05, 0.1) is 0 Å². The Morgan fingerprint density at radius 1 is 1.08 bits per heavy atom. The summed E-state index contributed by atoms with van der Waals surface area (Å²) in [4.78, 5) is 12.2. The van der Waals surface area contributed by atoms with Crippen LogP contribution in [0.4, 0.5) is 0 Å². The summed E-state index contributed by atoms with van der Waals surface area (Å²) in [5.41, 5.74) is 5.80. The molecule has 2 aliphatic carbocycles. The second kappa shape index (κ2) is 10.7. The summed E-state index contributed by atoms with van der Waals surface area (Å²) in [6, 6.07) is -0.133. The second-order valence-electron chi connectivity index (χ2n) is 7.64. The normalized spacial score (nSPS) is 26.5. The van der Waals surface area contributed by atoms with E-state index in [0.717, 1.165) is 51.4 Å². The predicted molar refractivity (Wildman–Crippen MR) is 103 cm³/mol. The van der Waals surface area contributed by atoms with Gasteiger partial charge < -0.3 is 11.1 Å². The van der Waals surface area contributed by atoms with Crippen LogP contribution in [0.25, 0.3) is 0 Å². The summed E-state index contributed by atoms with van der Waals surface area (Å²) in [7, 11) is -3.59. The number of nitrogens with one attached hydrogen (secondary N) is 2. The summed E-state index contributed by atoms with van der Waals surface area (Å²) >= 11 is 0. The number of hydrogen-bond acceptors (Lipinski definition) is 4. The fraction of sp³-hybridized carbons (Fsp3) is 0.941. The lowest BCUT2D eigenvalue weighted by atomic mass is 9.84. The molecule has 0 aromatic carbocycles. The molecule has 1 unspecified atom stereocenters. The summed E-state index contributed by atoms with van der Waals surface area (Å²) in [6.45, 7) is 2.56. The van der Waals surface area contributed by atoms with Crippen molar-refractivity contribution >= 4 is 28.3 Å². The van der Waals surface area contributed by atoms with Gasteiger partial charge in [-0.05, 0) is 50.4 Å². The highest BCUT2D eigenvalue weighted by Crippen LogP contribution is 2.26. The minimum atomic E-state index is -3.59. The van der Waals surface area contributed by atoms with E-state index in [2.05, 4.69) is 17.0 Å². The van der Waals surface area contributed by atoms with Crippen LogP contribution in [0.15, 0.2) is 0 Å². The smallest absolute Gasteiger partial charge is 0.236 e. The first kappa shape index (κ1) is 22.7. The Labute approximate surface area is 158 Å². The van der Waals surface area contributed by atoms with E-state index in [4.69, 9.17) is 5.73 Å². The number of hydrogen-bond donors (Lipinski definition) is 3. The molecule has 25 heavy (non-hydrogen) atoms. The molecule has 0 radical (unpaired) electrons. The third-order valence-corrected chi connectivity index (χ3v) is 6.84. The van der Waals surface area contributed by atoms with Crippen LogP contribution in [0.5, 0.6) is 0 Å². The maximum absolute atomic E-state index is 12.2. The highest BCUT2D eigenvalue weighted by atomic mass is 35.5. The zero-order valence-corrected chi connectivity index (χ0v) is 16.8. The molecule has 148 valence electrons. The van der Waals surface area contributed by atoms with E-state index >= 15 is 0 Å².